The maximum Gasteiger partial charge on any atom is 0.274 e. The van der Waals surface area contributed by atoms with E-state index in [1.807, 2.05) is 42.3 Å². The summed E-state index contributed by atoms with van der Waals surface area (Å²) in [6, 6.07) is 16.3. The minimum absolute atomic E-state index is 0. The third kappa shape index (κ3) is 6.51. The van der Waals surface area contributed by atoms with Crippen molar-refractivity contribution in [3.05, 3.63) is 70.3 Å². The van der Waals surface area contributed by atoms with E-state index >= 15 is 0 Å². The van der Waals surface area contributed by atoms with Crippen molar-refractivity contribution < 1.29 is 9.66 Å². The van der Waals surface area contributed by atoms with Gasteiger partial charge in [0, 0.05) is 32.3 Å². The lowest BCUT2D eigenvalue weighted by atomic mass is 10.2. The summed E-state index contributed by atoms with van der Waals surface area (Å²) in [5.74, 6) is 1.47. The summed E-state index contributed by atoms with van der Waals surface area (Å²) in [7, 11) is 3.57. The van der Waals surface area contributed by atoms with Gasteiger partial charge >= 0.3 is 0 Å². The molecule has 0 atom stereocenters. The average molecular weight is 470 g/mol. The summed E-state index contributed by atoms with van der Waals surface area (Å²) < 4.78 is 5.67. The standard InChI is InChI=1S/C18H22N4O3.HI/c1-19-18(20-14-15-8-6-7-11-17(15)22(23)24)21(2)12-13-25-16-9-4-3-5-10-16;/h3-11H,12-14H2,1-2H3,(H,19,20);1H. The third-order valence-electron chi connectivity index (χ3n) is 3.64. The molecule has 1 N–H and O–H groups in total. The Labute approximate surface area is 170 Å². The number of nitro groups is 1. The molecule has 0 aliphatic rings. The number of nitrogens with zero attached hydrogens (tertiary/aromatic N) is 3. The van der Waals surface area contributed by atoms with Crippen LogP contribution in [-0.4, -0.2) is 43.0 Å². The van der Waals surface area contributed by atoms with Gasteiger partial charge in [-0.2, -0.15) is 0 Å². The molecule has 0 radical (unpaired) electrons. The molecule has 0 unspecified atom stereocenters. The maximum atomic E-state index is 11.1. The molecular weight excluding hydrogens is 447 g/mol. The first-order valence-electron chi connectivity index (χ1n) is 7.93. The fourth-order valence-corrected chi connectivity index (χ4v) is 2.32. The van der Waals surface area contributed by atoms with Crippen molar-refractivity contribution >= 4 is 35.6 Å². The highest BCUT2D eigenvalue weighted by Crippen LogP contribution is 2.17. The molecule has 0 bridgehead atoms. The number of para-hydroxylation sites is 2. The van der Waals surface area contributed by atoms with Gasteiger partial charge in [-0.1, -0.05) is 36.4 Å². The summed E-state index contributed by atoms with van der Waals surface area (Å²) >= 11 is 0. The Morgan fingerprint density at radius 2 is 1.85 bits per heavy atom. The zero-order chi connectivity index (χ0) is 18.1. The largest absolute Gasteiger partial charge is 0.492 e. The van der Waals surface area contributed by atoms with Crippen LogP contribution in [0.3, 0.4) is 0 Å². The van der Waals surface area contributed by atoms with Crippen LogP contribution in [0.15, 0.2) is 59.6 Å². The number of ether oxygens (including phenoxy) is 1. The van der Waals surface area contributed by atoms with Crippen LogP contribution in [0.4, 0.5) is 5.69 Å². The number of rotatable bonds is 7. The van der Waals surface area contributed by atoms with Crippen molar-refractivity contribution in [3.63, 3.8) is 0 Å². The van der Waals surface area contributed by atoms with Gasteiger partial charge in [0.15, 0.2) is 5.96 Å². The predicted octanol–water partition coefficient (Wildman–Crippen LogP) is 3.30. The van der Waals surface area contributed by atoms with Crippen molar-refractivity contribution in [1.29, 1.82) is 0 Å². The van der Waals surface area contributed by atoms with Gasteiger partial charge in [-0.15, -0.1) is 24.0 Å². The number of nitrogens with one attached hydrogen (secondary N) is 1. The third-order valence-corrected chi connectivity index (χ3v) is 3.64. The molecule has 2 rings (SSSR count). The van der Waals surface area contributed by atoms with Crippen LogP contribution in [0.1, 0.15) is 5.56 Å². The highest BCUT2D eigenvalue weighted by atomic mass is 127. The molecule has 0 saturated heterocycles. The lowest BCUT2D eigenvalue weighted by Crippen LogP contribution is -2.40. The molecule has 0 aromatic heterocycles. The van der Waals surface area contributed by atoms with E-state index in [4.69, 9.17) is 4.74 Å². The molecule has 7 nitrogen and oxygen atoms in total. The molecule has 8 heteroatoms. The Hall–Kier alpha value is -2.36. The molecule has 0 aliphatic heterocycles. The van der Waals surface area contributed by atoms with E-state index < -0.39 is 0 Å². The van der Waals surface area contributed by atoms with E-state index in [0.29, 0.717) is 31.2 Å². The number of benzene rings is 2. The lowest BCUT2D eigenvalue weighted by Gasteiger charge is -2.22. The van der Waals surface area contributed by atoms with Gasteiger partial charge in [-0.05, 0) is 12.1 Å². The molecule has 26 heavy (non-hydrogen) atoms. The van der Waals surface area contributed by atoms with Crippen LogP contribution in [0, 0.1) is 10.1 Å². The Morgan fingerprint density at radius 1 is 1.19 bits per heavy atom. The monoisotopic (exact) mass is 470 g/mol. The molecule has 2 aromatic rings. The SMILES string of the molecule is CN=C(NCc1ccccc1[N+](=O)[O-])N(C)CCOc1ccccc1.I. The summed E-state index contributed by atoms with van der Waals surface area (Å²) in [4.78, 5) is 16.8. The fraction of sp³-hybridized carbons (Fsp3) is 0.278. The van der Waals surface area contributed by atoms with Crippen molar-refractivity contribution in [1.82, 2.24) is 10.2 Å². The lowest BCUT2D eigenvalue weighted by molar-refractivity contribution is -0.385. The Kier molecular flexibility index (Phi) is 9.42. The highest BCUT2D eigenvalue weighted by molar-refractivity contribution is 14.0. The molecule has 0 spiro atoms. The number of guanidine groups is 1. The van der Waals surface area contributed by atoms with Gasteiger partial charge < -0.3 is 15.0 Å². The topological polar surface area (TPSA) is 80.0 Å². The van der Waals surface area contributed by atoms with Crippen LogP contribution in [-0.2, 0) is 6.54 Å². The zero-order valence-electron chi connectivity index (χ0n) is 14.8. The normalized spacial score (nSPS) is 10.6. The molecule has 0 saturated carbocycles. The van der Waals surface area contributed by atoms with E-state index in [9.17, 15) is 10.1 Å². The highest BCUT2D eigenvalue weighted by Gasteiger charge is 2.13. The second-order valence-corrected chi connectivity index (χ2v) is 5.37. The van der Waals surface area contributed by atoms with Gasteiger partial charge in [0.05, 0.1) is 11.5 Å². The van der Waals surface area contributed by atoms with Crippen molar-refractivity contribution in [2.75, 3.05) is 27.2 Å². The van der Waals surface area contributed by atoms with Crippen molar-refractivity contribution in [3.8, 4) is 5.75 Å². The summed E-state index contributed by atoms with van der Waals surface area (Å²) in [5.41, 5.74) is 0.711. The van der Waals surface area contributed by atoms with Gasteiger partial charge in [-0.25, -0.2) is 0 Å². The minimum Gasteiger partial charge on any atom is -0.492 e. The Balaban J connectivity index is 0.00000338. The molecule has 2 aromatic carbocycles. The first kappa shape index (κ1) is 21.7. The number of halogens is 1. The Morgan fingerprint density at radius 3 is 2.50 bits per heavy atom. The number of hydrogen-bond donors (Lipinski definition) is 1. The van der Waals surface area contributed by atoms with E-state index in [0.717, 1.165) is 5.75 Å². The van der Waals surface area contributed by atoms with Gasteiger partial charge in [-0.3, -0.25) is 15.1 Å². The number of likely N-dealkylation sites (N-methyl/N-ethyl adjacent to an activating group) is 1. The van der Waals surface area contributed by atoms with Gasteiger partial charge in [0.25, 0.3) is 5.69 Å². The second-order valence-electron chi connectivity index (χ2n) is 5.37. The first-order valence-corrected chi connectivity index (χ1v) is 7.93. The van der Waals surface area contributed by atoms with E-state index in [-0.39, 0.29) is 34.6 Å². The summed E-state index contributed by atoms with van der Waals surface area (Å²) in [5, 5.41) is 14.2. The molecule has 0 amide bonds. The molecule has 140 valence electrons. The smallest absolute Gasteiger partial charge is 0.274 e. The summed E-state index contributed by atoms with van der Waals surface area (Å²) in [6.07, 6.45) is 0. The zero-order valence-corrected chi connectivity index (χ0v) is 17.1. The van der Waals surface area contributed by atoms with Crippen LogP contribution < -0.4 is 10.1 Å². The molecule has 0 heterocycles. The number of nitro benzene ring substituents is 1. The Bertz CT molecular complexity index is 725. The first-order chi connectivity index (χ1) is 12.1. The van der Waals surface area contributed by atoms with E-state index in [2.05, 4.69) is 10.3 Å². The van der Waals surface area contributed by atoms with Gasteiger partial charge in [0.2, 0.25) is 0 Å². The molecule has 0 aliphatic carbocycles. The fourth-order valence-electron chi connectivity index (χ4n) is 2.32. The predicted molar refractivity (Wildman–Crippen MR) is 113 cm³/mol. The summed E-state index contributed by atoms with van der Waals surface area (Å²) in [6.45, 7) is 1.46. The van der Waals surface area contributed by atoms with E-state index in [1.54, 1.807) is 25.2 Å². The maximum absolute atomic E-state index is 11.1. The quantitative estimate of drug-likeness (QED) is 0.221. The van der Waals surface area contributed by atoms with Crippen LogP contribution in [0.2, 0.25) is 0 Å². The average Bonchev–Trinajstić information content (AvgIpc) is 2.63. The van der Waals surface area contributed by atoms with Crippen molar-refractivity contribution in [2.24, 2.45) is 4.99 Å². The minimum atomic E-state index is -0.378. The van der Waals surface area contributed by atoms with Crippen LogP contribution in [0.25, 0.3) is 0 Å². The number of hydrogen-bond acceptors (Lipinski definition) is 4. The molecule has 0 fully saturated rings. The second kappa shape index (κ2) is 11.3. The van der Waals surface area contributed by atoms with Crippen LogP contribution in [0.5, 0.6) is 5.75 Å². The van der Waals surface area contributed by atoms with E-state index in [1.165, 1.54) is 6.07 Å². The van der Waals surface area contributed by atoms with Crippen LogP contribution >= 0.6 is 24.0 Å². The molecular formula is C18H23IN4O3. The van der Waals surface area contributed by atoms with Gasteiger partial charge in [0.1, 0.15) is 12.4 Å². The number of aliphatic imine (C=N–C) groups is 1. The van der Waals surface area contributed by atoms with Crippen molar-refractivity contribution in [2.45, 2.75) is 6.54 Å².